The van der Waals surface area contributed by atoms with Crippen LogP contribution in [-0.2, 0) is 6.54 Å². The molecule has 0 unspecified atom stereocenters. The lowest BCUT2D eigenvalue weighted by molar-refractivity contribution is -0.0885. The molecule has 1 heterocycles. The third-order valence-corrected chi connectivity index (χ3v) is 3.27. The molecule has 6 heteroatoms. The summed E-state index contributed by atoms with van der Waals surface area (Å²) in [4.78, 5) is 11.0. The molecule has 0 amide bonds. The lowest BCUT2D eigenvalue weighted by Crippen LogP contribution is -2.22. The predicted octanol–water partition coefficient (Wildman–Crippen LogP) is 3.89. The van der Waals surface area contributed by atoms with E-state index in [1.165, 1.54) is 18.5 Å². The highest BCUT2D eigenvalue weighted by Gasteiger charge is 2.39. The minimum absolute atomic E-state index is 0.335. The summed E-state index contributed by atoms with van der Waals surface area (Å²) in [5.41, 5.74) is 0.625. The molecule has 100 valence electrons. The zero-order valence-electron chi connectivity index (χ0n) is 9.62. The third kappa shape index (κ3) is 3.59. The molecule has 0 saturated carbocycles. The first-order valence-corrected chi connectivity index (χ1v) is 6.46. The van der Waals surface area contributed by atoms with Crippen molar-refractivity contribution < 1.29 is 18.0 Å². The molecule has 0 fully saturated rings. The Labute approximate surface area is 121 Å². The van der Waals surface area contributed by atoms with Gasteiger partial charge in [-0.3, -0.25) is 4.79 Å². The number of aromatic nitrogens is 1. The Hall–Kier alpha value is -1.31. The first-order valence-electron chi connectivity index (χ1n) is 5.38. The Balaban J connectivity index is 2.14. The van der Waals surface area contributed by atoms with Gasteiger partial charge in [-0.15, -0.1) is 0 Å². The van der Waals surface area contributed by atoms with Crippen molar-refractivity contribution in [3.8, 4) is 0 Å². The maximum Gasteiger partial charge on any atom is 0.454 e. The van der Waals surface area contributed by atoms with Crippen molar-refractivity contribution in [2.45, 2.75) is 12.7 Å². The van der Waals surface area contributed by atoms with E-state index < -0.39 is 12.0 Å². The third-order valence-electron chi connectivity index (χ3n) is 2.55. The quantitative estimate of drug-likeness (QED) is 0.586. The normalized spacial score (nSPS) is 11.6. The van der Waals surface area contributed by atoms with Gasteiger partial charge in [0, 0.05) is 28.1 Å². The topological polar surface area (TPSA) is 22.0 Å². The molecule has 0 spiro atoms. The first kappa shape index (κ1) is 14.1. The summed E-state index contributed by atoms with van der Waals surface area (Å²) < 4.78 is 39.4. The number of carbonyl (C=O) groups excluding carboxylic acids is 1. The summed E-state index contributed by atoms with van der Waals surface area (Å²) in [6.45, 7) is 0.433. The van der Waals surface area contributed by atoms with Crippen LogP contribution in [0.25, 0.3) is 0 Å². The highest BCUT2D eigenvalue weighted by molar-refractivity contribution is 14.1. The van der Waals surface area contributed by atoms with Crippen LogP contribution in [0.2, 0.25) is 0 Å². The Kier molecular flexibility index (Phi) is 3.98. The van der Waals surface area contributed by atoms with Crippen LogP contribution >= 0.6 is 22.6 Å². The van der Waals surface area contributed by atoms with Gasteiger partial charge in [-0.1, -0.05) is 12.1 Å². The summed E-state index contributed by atoms with van der Waals surface area (Å²) in [5.74, 6) is -1.81. The second-order valence-corrected chi connectivity index (χ2v) is 5.27. The molecular weight excluding hydrogens is 370 g/mol. The van der Waals surface area contributed by atoms with Gasteiger partial charge in [0.25, 0.3) is 5.78 Å². The van der Waals surface area contributed by atoms with Gasteiger partial charge in [-0.25, -0.2) is 0 Å². The standard InChI is InChI=1S/C13H9F3INO/c14-13(15,16)12(19)10-5-6-18(8-10)7-9-1-3-11(17)4-2-9/h1-6,8H,7H2. The predicted molar refractivity (Wildman–Crippen MR) is 73.1 cm³/mol. The van der Waals surface area contributed by atoms with Gasteiger partial charge >= 0.3 is 6.18 Å². The van der Waals surface area contributed by atoms with Crippen LogP contribution in [0.3, 0.4) is 0 Å². The van der Waals surface area contributed by atoms with Gasteiger partial charge in [0.15, 0.2) is 0 Å². The molecule has 0 atom stereocenters. The van der Waals surface area contributed by atoms with Crippen molar-refractivity contribution in [3.63, 3.8) is 0 Å². The molecule has 1 aromatic carbocycles. The van der Waals surface area contributed by atoms with Crippen molar-refractivity contribution in [2.75, 3.05) is 0 Å². The second kappa shape index (κ2) is 5.36. The Morgan fingerprint density at radius 3 is 2.37 bits per heavy atom. The Bertz CT molecular complexity index is 587. The van der Waals surface area contributed by atoms with Crippen LogP contribution in [0.15, 0.2) is 42.7 Å². The van der Waals surface area contributed by atoms with E-state index in [0.717, 1.165) is 9.13 Å². The highest BCUT2D eigenvalue weighted by Crippen LogP contribution is 2.21. The van der Waals surface area contributed by atoms with Crippen LogP contribution in [0.5, 0.6) is 0 Å². The summed E-state index contributed by atoms with van der Waals surface area (Å²) >= 11 is 2.17. The number of halogens is 4. The molecule has 2 aromatic rings. The van der Waals surface area contributed by atoms with Gasteiger partial charge in [-0.05, 0) is 46.4 Å². The van der Waals surface area contributed by atoms with Crippen molar-refractivity contribution in [3.05, 3.63) is 57.4 Å². The van der Waals surface area contributed by atoms with Gasteiger partial charge in [0.1, 0.15) is 0 Å². The Morgan fingerprint density at radius 2 is 1.79 bits per heavy atom. The number of alkyl halides is 3. The number of hydrogen-bond acceptors (Lipinski definition) is 1. The van der Waals surface area contributed by atoms with Crippen molar-refractivity contribution in [1.29, 1.82) is 0 Å². The monoisotopic (exact) mass is 379 g/mol. The summed E-state index contributed by atoms with van der Waals surface area (Å²) in [6, 6.07) is 8.81. The fraction of sp³-hybridized carbons (Fsp3) is 0.154. The van der Waals surface area contributed by atoms with E-state index in [1.54, 1.807) is 4.57 Å². The van der Waals surface area contributed by atoms with E-state index >= 15 is 0 Å². The molecule has 0 N–H and O–H groups in total. The number of ketones is 1. The lowest BCUT2D eigenvalue weighted by Gasteiger charge is -2.04. The maximum absolute atomic E-state index is 12.3. The minimum Gasteiger partial charge on any atom is -0.349 e. The largest absolute Gasteiger partial charge is 0.454 e. The molecule has 0 bridgehead atoms. The van der Waals surface area contributed by atoms with E-state index in [0.29, 0.717) is 6.54 Å². The second-order valence-electron chi connectivity index (χ2n) is 4.03. The minimum atomic E-state index is -4.82. The number of hydrogen-bond donors (Lipinski definition) is 0. The maximum atomic E-state index is 12.3. The summed E-state index contributed by atoms with van der Waals surface area (Å²) in [5, 5.41) is 0. The smallest absolute Gasteiger partial charge is 0.349 e. The Morgan fingerprint density at radius 1 is 1.16 bits per heavy atom. The molecular formula is C13H9F3INO. The van der Waals surface area contributed by atoms with Crippen molar-refractivity contribution in [1.82, 2.24) is 4.57 Å². The average Bonchev–Trinajstić information content (AvgIpc) is 2.78. The van der Waals surface area contributed by atoms with E-state index in [-0.39, 0.29) is 5.56 Å². The van der Waals surface area contributed by atoms with Crippen LogP contribution < -0.4 is 0 Å². The molecule has 2 nitrogen and oxygen atoms in total. The summed E-state index contributed by atoms with van der Waals surface area (Å²) in [7, 11) is 0. The number of Topliss-reactive ketones (excluding diaryl/α,β-unsaturated/α-hetero) is 1. The number of rotatable bonds is 3. The summed E-state index contributed by atoms with van der Waals surface area (Å²) in [6.07, 6.45) is -2.14. The number of carbonyl (C=O) groups is 1. The molecule has 0 aliphatic rings. The van der Waals surface area contributed by atoms with E-state index in [9.17, 15) is 18.0 Å². The zero-order chi connectivity index (χ0) is 14.0. The van der Waals surface area contributed by atoms with Gasteiger partial charge < -0.3 is 4.57 Å². The van der Waals surface area contributed by atoms with Crippen LogP contribution in [0.4, 0.5) is 13.2 Å². The number of benzene rings is 1. The molecule has 0 aliphatic heterocycles. The van der Waals surface area contributed by atoms with Crippen molar-refractivity contribution >= 4 is 28.4 Å². The van der Waals surface area contributed by atoms with E-state index in [1.807, 2.05) is 24.3 Å². The molecule has 1 aromatic heterocycles. The molecule has 0 radical (unpaired) electrons. The van der Waals surface area contributed by atoms with Crippen LogP contribution in [0.1, 0.15) is 15.9 Å². The van der Waals surface area contributed by atoms with Gasteiger partial charge in [0.05, 0.1) is 0 Å². The van der Waals surface area contributed by atoms with E-state index in [4.69, 9.17) is 0 Å². The first-order chi connectivity index (χ1) is 8.86. The molecule has 19 heavy (non-hydrogen) atoms. The van der Waals surface area contributed by atoms with Gasteiger partial charge in [-0.2, -0.15) is 13.2 Å². The number of nitrogens with zero attached hydrogens (tertiary/aromatic N) is 1. The fourth-order valence-corrected chi connectivity index (χ4v) is 2.00. The van der Waals surface area contributed by atoms with E-state index in [2.05, 4.69) is 22.6 Å². The zero-order valence-corrected chi connectivity index (χ0v) is 11.8. The highest BCUT2D eigenvalue weighted by atomic mass is 127. The van der Waals surface area contributed by atoms with Crippen molar-refractivity contribution in [2.24, 2.45) is 0 Å². The average molecular weight is 379 g/mol. The SMILES string of the molecule is O=C(c1ccn(Cc2ccc(I)cc2)c1)C(F)(F)F. The molecule has 0 aliphatic carbocycles. The van der Waals surface area contributed by atoms with Crippen LogP contribution in [0, 0.1) is 3.57 Å². The lowest BCUT2D eigenvalue weighted by atomic mass is 10.2. The van der Waals surface area contributed by atoms with Gasteiger partial charge in [0.2, 0.25) is 0 Å². The molecule has 0 saturated heterocycles. The fourth-order valence-electron chi connectivity index (χ4n) is 1.64. The molecule has 2 rings (SSSR count). The van der Waals surface area contributed by atoms with Crippen LogP contribution in [-0.4, -0.2) is 16.5 Å².